The summed E-state index contributed by atoms with van der Waals surface area (Å²) in [6.07, 6.45) is 1.05. The fourth-order valence-corrected chi connectivity index (χ4v) is 2.14. The number of benzene rings is 1. The molecule has 64 valence electrons. The number of nitrogen functional groups attached to an aromatic ring is 1. The van der Waals surface area contributed by atoms with Crippen molar-refractivity contribution in [3.63, 3.8) is 0 Å². The highest BCUT2D eigenvalue weighted by molar-refractivity contribution is 9.10. The largest absolute Gasteiger partial charge is 0.398 e. The van der Waals surface area contributed by atoms with E-state index in [1.165, 1.54) is 11.1 Å². The monoisotopic (exact) mass is 226 g/mol. The molecule has 0 saturated heterocycles. The minimum absolute atomic E-state index is 0.917. The van der Waals surface area contributed by atoms with Gasteiger partial charge in [0.15, 0.2) is 0 Å². The Morgan fingerprint density at radius 1 is 1.42 bits per heavy atom. The number of halogens is 1. The maximum Gasteiger partial charge on any atom is 0.0361 e. The number of fused-ring (bicyclic) bond motifs is 1. The van der Waals surface area contributed by atoms with Crippen LogP contribution in [0.15, 0.2) is 16.6 Å². The van der Waals surface area contributed by atoms with Crippen LogP contribution in [-0.2, 0) is 13.0 Å². The molecule has 1 aromatic carbocycles. The van der Waals surface area contributed by atoms with E-state index in [0.29, 0.717) is 0 Å². The van der Waals surface area contributed by atoms with E-state index in [4.69, 9.17) is 5.73 Å². The number of hydrogen-bond acceptors (Lipinski definition) is 2. The molecule has 1 aliphatic heterocycles. The summed E-state index contributed by atoms with van der Waals surface area (Å²) in [7, 11) is 0. The quantitative estimate of drug-likeness (QED) is 0.661. The topological polar surface area (TPSA) is 38.0 Å². The zero-order chi connectivity index (χ0) is 8.55. The van der Waals surface area contributed by atoms with Gasteiger partial charge in [-0.05, 0) is 36.2 Å². The predicted octanol–water partition coefficient (Wildman–Crippen LogP) is 1.68. The van der Waals surface area contributed by atoms with E-state index in [9.17, 15) is 0 Å². The van der Waals surface area contributed by atoms with E-state index in [1.54, 1.807) is 0 Å². The minimum Gasteiger partial charge on any atom is -0.398 e. The Hall–Kier alpha value is -0.540. The molecule has 0 radical (unpaired) electrons. The van der Waals surface area contributed by atoms with E-state index in [0.717, 1.165) is 29.7 Å². The highest BCUT2D eigenvalue weighted by Crippen LogP contribution is 2.25. The van der Waals surface area contributed by atoms with Crippen molar-refractivity contribution in [2.24, 2.45) is 0 Å². The summed E-state index contributed by atoms with van der Waals surface area (Å²) in [5.41, 5.74) is 9.45. The zero-order valence-electron chi connectivity index (χ0n) is 6.73. The van der Waals surface area contributed by atoms with Crippen molar-refractivity contribution in [2.45, 2.75) is 13.0 Å². The van der Waals surface area contributed by atoms with E-state index in [2.05, 4.69) is 27.3 Å². The summed E-state index contributed by atoms with van der Waals surface area (Å²) < 4.78 is 1.07. The van der Waals surface area contributed by atoms with E-state index in [1.807, 2.05) is 6.07 Å². The molecule has 2 nitrogen and oxygen atoms in total. The molecule has 1 aliphatic rings. The summed E-state index contributed by atoms with van der Waals surface area (Å²) in [5, 5.41) is 3.32. The van der Waals surface area contributed by atoms with Crippen LogP contribution in [0.3, 0.4) is 0 Å². The number of hydrogen-bond donors (Lipinski definition) is 2. The molecule has 12 heavy (non-hydrogen) atoms. The fourth-order valence-electron chi connectivity index (χ4n) is 1.62. The molecule has 2 rings (SSSR count). The first-order chi connectivity index (χ1) is 5.77. The van der Waals surface area contributed by atoms with Crippen LogP contribution >= 0.6 is 15.9 Å². The lowest BCUT2D eigenvalue weighted by atomic mass is 9.99. The van der Waals surface area contributed by atoms with Gasteiger partial charge in [-0.25, -0.2) is 0 Å². The summed E-state index contributed by atoms with van der Waals surface area (Å²) >= 11 is 3.43. The average Bonchev–Trinajstić information content (AvgIpc) is 2.04. The van der Waals surface area contributed by atoms with E-state index >= 15 is 0 Å². The van der Waals surface area contributed by atoms with Gasteiger partial charge in [-0.2, -0.15) is 0 Å². The SMILES string of the molecule is Nc1cc(Br)cc2c1CCNC2. The second kappa shape index (κ2) is 3.07. The van der Waals surface area contributed by atoms with E-state index < -0.39 is 0 Å². The van der Waals surface area contributed by atoms with Crippen molar-refractivity contribution in [3.8, 4) is 0 Å². The first-order valence-electron chi connectivity index (χ1n) is 4.05. The van der Waals surface area contributed by atoms with Gasteiger partial charge >= 0.3 is 0 Å². The van der Waals surface area contributed by atoms with Gasteiger partial charge in [-0.15, -0.1) is 0 Å². The molecule has 0 bridgehead atoms. The molecule has 0 atom stereocenters. The van der Waals surface area contributed by atoms with Crippen LogP contribution in [-0.4, -0.2) is 6.54 Å². The third kappa shape index (κ3) is 1.34. The third-order valence-corrected chi connectivity index (χ3v) is 2.67. The Labute approximate surface area is 80.3 Å². The lowest BCUT2D eigenvalue weighted by Crippen LogP contribution is -2.24. The normalized spacial score (nSPS) is 15.8. The van der Waals surface area contributed by atoms with Crippen LogP contribution in [0.4, 0.5) is 5.69 Å². The van der Waals surface area contributed by atoms with Crippen molar-refractivity contribution in [3.05, 3.63) is 27.7 Å². The number of anilines is 1. The number of rotatable bonds is 0. The zero-order valence-corrected chi connectivity index (χ0v) is 8.32. The Morgan fingerprint density at radius 2 is 2.25 bits per heavy atom. The van der Waals surface area contributed by atoms with Gasteiger partial charge < -0.3 is 11.1 Å². The van der Waals surface area contributed by atoms with Gasteiger partial charge in [-0.1, -0.05) is 15.9 Å². The van der Waals surface area contributed by atoms with Crippen molar-refractivity contribution < 1.29 is 0 Å². The maximum atomic E-state index is 5.88. The molecule has 0 fully saturated rings. The molecule has 1 heterocycles. The smallest absolute Gasteiger partial charge is 0.0361 e. The van der Waals surface area contributed by atoms with Gasteiger partial charge in [-0.3, -0.25) is 0 Å². The van der Waals surface area contributed by atoms with Gasteiger partial charge in [0, 0.05) is 16.7 Å². The van der Waals surface area contributed by atoms with Crippen LogP contribution in [0.2, 0.25) is 0 Å². The van der Waals surface area contributed by atoms with Crippen molar-refractivity contribution >= 4 is 21.6 Å². The Morgan fingerprint density at radius 3 is 3.08 bits per heavy atom. The molecule has 3 N–H and O–H groups in total. The third-order valence-electron chi connectivity index (χ3n) is 2.21. The van der Waals surface area contributed by atoms with Gasteiger partial charge in [0.1, 0.15) is 0 Å². The van der Waals surface area contributed by atoms with Crippen LogP contribution in [0.5, 0.6) is 0 Å². The second-order valence-corrected chi connectivity index (χ2v) is 3.98. The van der Waals surface area contributed by atoms with Crippen molar-refractivity contribution in [1.82, 2.24) is 5.32 Å². The average molecular weight is 227 g/mol. The summed E-state index contributed by atoms with van der Waals surface area (Å²) in [5.74, 6) is 0. The number of nitrogens with one attached hydrogen (secondary N) is 1. The fraction of sp³-hybridized carbons (Fsp3) is 0.333. The molecule has 0 saturated carbocycles. The molecule has 0 amide bonds. The lowest BCUT2D eigenvalue weighted by Gasteiger charge is -2.18. The van der Waals surface area contributed by atoms with Gasteiger partial charge in [0.25, 0.3) is 0 Å². The Kier molecular flexibility index (Phi) is 2.07. The first kappa shape index (κ1) is 8.08. The van der Waals surface area contributed by atoms with Crippen molar-refractivity contribution in [2.75, 3.05) is 12.3 Å². The van der Waals surface area contributed by atoms with Crippen molar-refractivity contribution in [1.29, 1.82) is 0 Å². The highest BCUT2D eigenvalue weighted by atomic mass is 79.9. The van der Waals surface area contributed by atoms with Crippen LogP contribution in [0.1, 0.15) is 11.1 Å². The number of nitrogens with two attached hydrogens (primary N) is 1. The van der Waals surface area contributed by atoms with Crippen LogP contribution in [0.25, 0.3) is 0 Å². The molecular weight excluding hydrogens is 216 g/mol. The Bertz CT molecular complexity index is 310. The van der Waals surface area contributed by atoms with Crippen LogP contribution in [0, 0.1) is 0 Å². The molecule has 0 aromatic heterocycles. The maximum absolute atomic E-state index is 5.88. The Balaban J connectivity index is 2.53. The van der Waals surface area contributed by atoms with E-state index in [-0.39, 0.29) is 0 Å². The summed E-state index contributed by atoms with van der Waals surface area (Å²) in [6, 6.07) is 4.11. The summed E-state index contributed by atoms with van der Waals surface area (Å²) in [6.45, 7) is 1.98. The second-order valence-electron chi connectivity index (χ2n) is 3.06. The molecule has 0 spiro atoms. The minimum atomic E-state index is 0.917. The summed E-state index contributed by atoms with van der Waals surface area (Å²) in [4.78, 5) is 0. The molecule has 0 unspecified atom stereocenters. The predicted molar refractivity (Wildman–Crippen MR) is 54.0 cm³/mol. The molecular formula is C9H11BrN2. The first-order valence-corrected chi connectivity index (χ1v) is 4.84. The lowest BCUT2D eigenvalue weighted by molar-refractivity contribution is 0.645. The molecule has 3 heteroatoms. The molecule has 1 aromatic rings. The van der Waals surface area contributed by atoms with Gasteiger partial charge in [0.05, 0.1) is 0 Å². The highest BCUT2D eigenvalue weighted by Gasteiger charge is 2.11. The standard InChI is InChI=1S/C9H11BrN2/c10-7-3-6-5-12-2-1-8(6)9(11)4-7/h3-4,12H,1-2,5,11H2. The van der Waals surface area contributed by atoms with Gasteiger partial charge in [0.2, 0.25) is 0 Å². The van der Waals surface area contributed by atoms with Crippen LogP contribution < -0.4 is 11.1 Å². The molecule has 0 aliphatic carbocycles.